The summed E-state index contributed by atoms with van der Waals surface area (Å²) >= 11 is 0. The molecule has 1 saturated carbocycles. The van der Waals surface area contributed by atoms with E-state index in [-0.39, 0.29) is 29.4 Å². The maximum Gasteiger partial charge on any atom is 0.449 e. The molecule has 5 N–H and O–H groups in total. The minimum absolute atomic E-state index is 0. The number of carbonyl (C=O) groups excluding carboxylic acids is 1. The molecule has 14 heteroatoms. The molecule has 0 spiro atoms. The van der Waals surface area contributed by atoms with Crippen molar-refractivity contribution >= 4 is 16.4 Å². The highest BCUT2D eigenvalue weighted by Crippen LogP contribution is 2.44. The molecule has 1 aliphatic carbocycles. The molecule has 3 rings (SSSR count). The SMILES string of the molecule is COc1cccc(C2(O)CCCCC2C[N+](C)(C)C2OC(C(=O)OS(=O)(=O)O)C(O)C(O)C2O)c1.[Cl-]. The summed E-state index contributed by atoms with van der Waals surface area (Å²) in [5.41, 5.74) is -0.541. The summed E-state index contributed by atoms with van der Waals surface area (Å²) in [5.74, 6) is -1.36. The molecule has 1 aromatic carbocycles. The average molecular weight is 556 g/mol. The highest BCUT2D eigenvalue weighted by molar-refractivity contribution is 7.81. The summed E-state index contributed by atoms with van der Waals surface area (Å²) in [6.07, 6.45) is -6.01. The summed E-state index contributed by atoms with van der Waals surface area (Å²) < 4.78 is 45.3. The Kier molecular flexibility index (Phi) is 9.76. The van der Waals surface area contributed by atoms with Crippen molar-refractivity contribution in [3.8, 4) is 5.75 Å². The van der Waals surface area contributed by atoms with Gasteiger partial charge in [0.2, 0.25) is 6.23 Å². The maximum absolute atomic E-state index is 12.2. The first-order valence-corrected chi connectivity index (χ1v) is 12.7. The van der Waals surface area contributed by atoms with E-state index in [1.807, 2.05) is 6.07 Å². The summed E-state index contributed by atoms with van der Waals surface area (Å²) in [7, 11) is -0.340. The summed E-state index contributed by atoms with van der Waals surface area (Å²) in [4.78, 5) is 12.2. The molecular weight excluding hydrogens is 522 g/mol. The third kappa shape index (κ3) is 6.47. The number of ether oxygens (including phenoxy) is 2. The molecule has 0 radical (unpaired) electrons. The van der Waals surface area contributed by atoms with Crippen molar-refractivity contribution < 1.29 is 68.7 Å². The second-order valence-electron chi connectivity index (χ2n) is 9.81. The standard InChI is InChI=1S/C22H33NO11S.ClH/c1-23(2,20-18(26)16(24)17(25)19(33-20)21(27)34-35(29,30)31)12-14-7-4-5-10-22(14,28)13-8-6-9-15(11-13)32-3;/h6,8-9,11,14,16-20,24-26,28H,4-5,7,10,12H2,1-3H3;1H. The lowest BCUT2D eigenvalue weighted by atomic mass is 9.71. The molecule has 2 aliphatic rings. The van der Waals surface area contributed by atoms with Crippen LogP contribution in [0, 0.1) is 5.92 Å². The van der Waals surface area contributed by atoms with Crippen molar-refractivity contribution in [3.63, 3.8) is 0 Å². The third-order valence-electron chi connectivity index (χ3n) is 6.99. The van der Waals surface area contributed by atoms with Gasteiger partial charge in [-0.05, 0) is 30.5 Å². The molecule has 1 aromatic rings. The van der Waals surface area contributed by atoms with E-state index in [9.17, 15) is 33.6 Å². The lowest BCUT2D eigenvalue weighted by Gasteiger charge is -2.50. The largest absolute Gasteiger partial charge is 1.00 e. The highest BCUT2D eigenvalue weighted by Gasteiger charge is 2.55. The molecule has 7 atom stereocenters. The van der Waals surface area contributed by atoms with E-state index in [1.165, 1.54) is 7.11 Å². The van der Waals surface area contributed by atoms with E-state index in [4.69, 9.17) is 14.0 Å². The van der Waals surface area contributed by atoms with Crippen molar-refractivity contribution in [3.05, 3.63) is 29.8 Å². The first-order chi connectivity index (χ1) is 16.2. The van der Waals surface area contributed by atoms with Gasteiger partial charge in [-0.2, -0.15) is 8.42 Å². The Balaban J connectivity index is 0.00000456. The van der Waals surface area contributed by atoms with Crippen LogP contribution in [-0.2, 0) is 29.7 Å². The number of hydrogen-bond acceptors (Lipinski definition) is 10. The van der Waals surface area contributed by atoms with Crippen LogP contribution in [0.25, 0.3) is 0 Å². The molecule has 0 bridgehead atoms. The van der Waals surface area contributed by atoms with Gasteiger partial charge in [0, 0.05) is 5.92 Å². The van der Waals surface area contributed by atoms with Crippen molar-refractivity contribution in [1.82, 2.24) is 0 Å². The Morgan fingerprint density at radius 2 is 1.83 bits per heavy atom. The fourth-order valence-corrected chi connectivity index (χ4v) is 5.50. The van der Waals surface area contributed by atoms with Crippen molar-refractivity contribution in [2.75, 3.05) is 27.7 Å². The minimum atomic E-state index is -5.19. The lowest BCUT2D eigenvalue weighted by molar-refractivity contribution is -0.948. The van der Waals surface area contributed by atoms with Crippen LogP contribution in [0.1, 0.15) is 31.2 Å². The van der Waals surface area contributed by atoms with Crippen molar-refractivity contribution in [2.24, 2.45) is 5.92 Å². The highest BCUT2D eigenvalue weighted by atomic mass is 35.5. The van der Waals surface area contributed by atoms with Crippen molar-refractivity contribution in [1.29, 1.82) is 0 Å². The van der Waals surface area contributed by atoms with Gasteiger partial charge in [-0.3, -0.25) is 4.55 Å². The molecular formula is C22H34ClNO11S. The zero-order valence-electron chi connectivity index (χ0n) is 20.2. The Labute approximate surface area is 216 Å². The quantitative estimate of drug-likeness (QED) is 0.165. The van der Waals surface area contributed by atoms with E-state index in [0.717, 1.165) is 12.8 Å². The molecule has 0 aromatic heterocycles. The Hall–Kier alpha value is -1.55. The second-order valence-corrected chi connectivity index (χ2v) is 10.8. The van der Waals surface area contributed by atoms with Gasteiger partial charge in [0.25, 0.3) is 0 Å². The van der Waals surface area contributed by atoms with Crippen LogP contribution >= 0.6 is 0 Å². The molecule has 7 unspecified atom stereocenters. The van der Waals surface area contributed by atoms with E-state index in [1.54, 1.807) is 32.3 Å². The summed E-state index contributed by atoms with van der Waals surface area (Å²) in [5, 5.41) is 43.0. The number of aliphatic hydroxyl groups is 4. The zero-order chi connectivity index (χ0) is 26.2. The van der Waals surface area contributed by atoms with Crippen LogP contribution < -0.4 is 17.1 Å². The molecule has 1 aliphatic heterocycles. The number of likely N-dealkylation sites (N-methyl/N-ethyl adjacent to an activating group) is 1. The van der Waals surface area contributed by atoms with Gasteiger partial charge >= 0.3 is 16.4 Å². The van der Waals surface area contributed by atoms with E-state index in [0.29, 0.717) is 24.2 Å². The summed E-state index contributed by atoms with van der Waals surface area (Å²) in [6, 6.07) is 7.14. The monoisotopic (exact) mass is 555 g/mol. The number of carbonyl (C=O) groups is 1. The van der Waals surface area contributed by atoms with Crippen LogP contribution in [0.3, 0.4) is 0 Å². The number of aliphatic hydroxyl groups excluding tert-OH is 3. The van der Waals surface area contributed by atoms with Gasteiger partial charge in [-0.15, -0.1) is 0 Å². The fraction of sp³-hybridized carbons (Fsp3) is 0.682. The number of rotatable bonds is 7. The number of hydrogen-bond donors (Lipinski definition) is 5. The van der Waals surface area contributed by atoms with Gasteiger partial charge < -0.3 is 51.0 Å². The van der Waals surface area contributed by atoms with Crippen LogP contribution in [0.2, 0.25) is 0 Å². The number of halogens is 1. The van der Waals surface area contributed by atoms with Crippen LogP contribution in [0.15, 0.2) is 24.3 Å². The van der Waals surface area contributed by atoms with Gasteiger partial charge in [0.05, 0.1) is 33.4 Å². The molecule has 206 valence electrons. The fourth-order valence-electron chi connectivity index (χ4n) is 5.20. The normalized spacial score (nSPS) is 33.3. The van der Waals surface area contributed by atoms with Gasteiger partial charge in [0.15, 0.2) is 12.2 Å². The zero-order valence-corrected chi connectivity index (χ0v) is 21.8. The molecule has 2 fully saturated rings. The van der Waals surface area contributed by atoms with Crippen LogP contribution in [0.5, 0.6) is 5.75 Å². The van der Waals surface area contributed by atoms with E-state index >= 15 is 0 Å². The molecule has 0 amide bonds. The number of benzene rings is 1. The van der Waals surface area contributed by atoms with Crippen molar-refractivity contribution in [2.45, 2.75) is 61.9 Å². The van der Waals surface area contributed by atoms with Gasteiger partial charge in [-0.1, -0.05) is 25.0 Å². The molecule has 1 heterocycles. The minimum Gasteiger partial charge on any atom is -1.00 e. The average Bonchev–Trinajstić information content (AvgIpc) is 2.77. The topological polar surface area (TPSA) is 180 Å². The molecule has 36 heavy (non-hydrogen) atoms. The Morgan fingerprint density at radius 3 is 2.44 bits per heavy atom. The smallest absolute Gasteiger partial charge is 0.449 e. The maximum atomic E-state index is 12.2. The second kappa shape index (κ2) is 11.5. The predicted octanol–water partition coefficient (Wildman–Crippen LogP) is -3.69. The summed E-state index contributed by atoms with van der Waals surface area (Å²) in [6.45, 7) is 0.234. The predicted molar refractivity (Wildman–Crippen MR) is 120 cm³/mol. The van der Waals surface area contributed by atoms with Crippen LogP contribution in [0.4, 0.5) is 0 Å². The lowest BCUT2D eigenvalue weighted by Crippen LogP contribution is -3.00. The van der Waals surface area contributed by atoms with Crippen LogP contribution in [-0.4, -0.2) is 102 Å². The third-order valence-corrected chi connectivity index (χ3v) is 7.37. The Morgan fingerprint density at radius 1 is 1.17 bits per heavy atom. The van der Waals surface area contributed by atoms with E-state index in [2.05, 4.69) is 4.18 Å². The molecule has 1 saturated heterocycles. The van der Waals surface area contributed by atoms with E-state index < -0.39 is 52.6 Å². The molecule has 12 nitrogen and oxygen atoms in total. The first-order valence-electron chi connectivity index (χ1n) is 11.3. The number of nitrogens with zero attached hydrogens (tertiary/aromatic N) is 1. The van der Waals surface area contributed by atoms with Gasteiger partial charge in [0.1, 0.15) is 18.0 Å². The van der Waals surface area contributed by atoms with Gasteiger partial charge in [-0.25, -0.2) is 4.79 Å². The number of quaternary nitrogens is 1. The number of methoxy groups -OCH3 is 1. The first kappa shape index (κ1) is 30.7. The Bertz CT molecular complexity index is 1020.